The van der Waals surface area contributed by atoms with Crippen LogP contribution in [0.5, 0.6) is 11.6 Å². The van der Waals surface area contributed by atoms with Crippen LogP contribution in [0.1, 0.15) is 5.56 Å². The lowest BCUT2D eigenvalue weighted by atomic mass is 10.3. The van der Waals surface area contributed by atoms with E-state index in [1.165, 1.54) is 12.1 Å². The average molecular weight is 297 g/mol. The number of aromatic nitrogens is 1. The van der Waals surface area contributed by atoms with Crippen LogP contribution in [0.25, 0.3) is 0 Å². The third kappa shape index (κ3) is 3.01. The summed E-state index contributed by atoms with van der Waals surface area (Å²) in [6, 6.07) is 8.02. The van der Waals surface area contributed by atoms with Gasteiger partial charge in [-0.05, 0) is 23.8 Å². The summed E-state index contributed by atoms with van der Waals surface area (Å²) in [4.78, 5) is 4.03. The van der Waals surface area contributed by atoms with Crippen LogP contribution in [-0.4, -0.2) is 4.98 Å². The Labute approximate surface area is 107 Å². The molecular formula is C12H10BrFN2O. The lowest BCUT2D eigenvalue weighted by Gasteiger charge is -2.06. The molecule has 0 amide bonds. The molecule has 0 aliphatic heterocycles. The van der Waals surface area contributed by atoms with Gasteiger partial charge in [-0.1, -0.05) is 22.0 Å². The molecular weight excluding hydrogens is 287 g/mol. The van der Waals surface area contributed by atoms with Crippen molar-refractivity contribution < 1.29 is 9.13 Å². The van der Waals surface area contributed by atoms with Gasteiger partial charge < -0.3 is 10.5 Å². The van der Waals surface area contributed by atoms with Gasteiger partial charge in [-0.15, -0.1) is 0 Å². The van der Waals surface area contributed by atoms with E-state index in [1.54, 1.807) is 24.4 Å². The molecule has 88 valence electrons. The van der Waals surface area contributed by atoms with Gasteiger partial charge in [0, 0.05) is 23.3 Å². The maximum Gasteiger partial charge on any atom is 0.219 e. The Morgan fingerprint density at radius 1 is 1.29 bits per heavy atom. The Bertz CT molecular complexity index is 516. The molecule has 0 aliphatic carbocycles. The number of rotatable bonds is 3. The molecule has 0 saturated carbocycles. The van der Waals surface area contributed by atoms with Crippen molar-refractivity contribution in [1.29, 1.82) is 0 Å². The molecule has 2 N–H and O–H groups in total. The van der Waals surface area contributed by atoms with Crippen LogP contribution < -0.4 is 10.5 Å². The van der Waals surface area contributed by atoms with Crippen molar-refractivity contribution in [3.05, 3.63) is 52.4 Å². The molecule has 0 bridgehead atoms. The molecule has 0 fully saturated rings. The fourth-order valence-corrected chi connectivity index (χ4v) is 1.60. The topological polar surface area (TPSA) is 48.1 Å². The van der Waals surface area contributed by atoms with Crippen LogP contribution in [0, 0.1) is 5.82 Å². The van der Waals surface area contributed by atoms with Crippen molar-refractivity contribution in [2.45, 2.75) is 6.54 Å². The van der Waals surface area contributed by atoms with Gasteiger partial charge in [0.25, 0.3) is 0 Å². The maximum absolute atomic E-state index is 13.5. The van der Waals surface area contributed by atoms with Crippen LogP contribution in [0.15, 0.2) is 41.0 Å². The van der Waals surface area contributed by atoms with E-state index in [0.29, 0.717) is 16.9 Å². The van der Waals surface area contributed by atoms with Crippen LogP contribution >= 0.6 is 15.9 Å². The number of halogens is 2. The van der Waals surface area contributed by atoms with Crippen LogP contribution in [0.3, 0.4) is 0 Å². The van der Waals surface area contributed by atoms with Crippen LogP contribution in [-0.2, 0) is 6.54 Å². The third-order valence-electron chi connectivity index (χ3n) is 2.14. The molecule has 0 atom stereocenters. The molecule has 5 heteroatoms. The zero-order valence-electron chi connectivity index (χ0n) is 8.86. The number of pyridine rings is 1. The fourth-order valence-electron chi connectivity index (χ4n) is 1.26. The highest BCUT2D eigenvalue weighted by Gasteiger charge is 2.05. The van der Waals surface area contributed by atoms with Gasteiger partial charge >= 0.3 is 0 Å². The van der Waals surface area contributed by atoms with E-state index in [0.717, 1.165) is 5.56 Å². The number of hydrogen-bond acceptors (Lipinski definition) is 3. The smallest absolute Gasteiger partial charge is 0.219 e. The Balaban J connectivity index is 2.19. The Kier molecular flexibility index (Phi) is 3.71. The summed E-state index contributed by atoms with van der Waals surface area (Å²) in [6.07, 6.45) is 1.60. The van der Waals surface area contributed by atoms with E-state index in [4.69, 9.17) is 10.5 Å². The van der Waals surface area contributed by atoms with Gasteiger partial charge in [-0.2, -0.15) is 0 Å². The molecule has 0 unspecified atom stereocenters. The van der Waals surface area contributed by atoms with Crippen LogP contribution in [0.4, 0.5) is 4.39 Å². The first-order valence-corrected chi connectivity index (χ1v) is 5.76. The standard InChI is InChI=1S/C12H10BrFN2O/c13-9-2-3-11(10(14)5-9)17-12-4-1-8(6-15)7-16-12/h1-5,7H,6,15H2. The zero-order valence-corrected chi connectivity index (χ0v) is 10.4. The lowest BCUT2D eigenvalue weighted by molar-refractivity contribution is 0.427. The maximum atomic E-state index is 13.5. The zero-order chi connectivity index (χ0) is 12.3. The Morgan fingerprint density at radius 3 is 2.71 bits per heavy atom. The monoisotopic (exact) mass is 296 g/mol. The number of benzene rings is 1. The van der Waals surface area contributed by atoms with Gasteiger partial charge in [0.05, 0.1) is 0 Å². The quantitative estimate of drug-likeness (QED) is 0.946. The second kappa shape index (κ2) is 5.25. The number of hydrogen-bond donors (Lipinski definition) is 1. The lowest BCUT2D eigenvalue weighted by Crippen LogP contribution is -1.97. The minimum Gasteiger partial charge on any atom is -0.436 e. The average Bonchev–Trinajstić information content (AvgIpc) is 2.34. The highest BCUT2D eigenvalue weighted by Crippen LogP contribution is 2.25. The van der Waals surface area contributed by atoms with Crippen molar-refractivity contribution >= 4 is 15.9 Å². The number of nitrogens with two attached hydrogens (primary N) is 1. The summed E-state index contributed by atoms with van der Waals surface area (Å²) >= 11 is 3.18. The summed E-state index contributed by atoms with van der Waals surface area (Å²) in [5.41, 5.74) is 6.34. The van der Waals surface area contributed by atoms with E-state index in [9.17, 15) is 4.39 Å². The van der Waals surface area contributed by atoms with Gasteiger partial charge in [0.2, 0.25) is 5.88 Å². The minimum atomic E-state index is -0.441. The molecule has 0 saturated heterocycles. The second-order valence-electron chi connectivity index (χ2n) is 3.39. The van der Waals surface area contributed by atoms with Gasteiger partial charge in [-0.25, -0.2) is 9.37 Å². The van der Waals surface area contributed by atoms with Gasteiger partial charge in [0.15, 0.2) is 11.6 Å². The SMILES string of the molecule is NCc1ccc(Oc2ccc(Br)cc2F)nc1. The van der Waals surface area contributed by atoms with Gasteiger partial charge in [0.1, 0.15) is 0 Å². The molecule has 1 aromatic carbocycles. The fraction of sp³-hybridized carbons (Fsp3) is 0.0833. The predicted octanol–water partition coefficient (Wildman–Crippen LogP) is 3.23. The van der Waals surface area contributed by atoms with E-state index in [2.05, 4.69) is 20.9 Å². The van der Waals surface area contributed by atoms with E-state index >= 15 is 0 Å². The molecule has 1 aromatic heterocycles. The van der Waals surface area contributed by atoms with Crippen molar-refractivity contribution in [2.24, 2.45) is 5.73 Å². The number of ether oxygens (including phenoxy) is 1. The molecule has 0 aliphatic rings. The van der Waals surface area contributed by atoms with E-state index < -0.39 is 5.82 Å². The molecule has 0 spiro atoms. The van der Waals surface area contributed by atoms with Crippen molar-refractivity contribution in [2.75, 3.05) is 0 Å². The van der Waals surface area contributed by atoms with E-state index in [1.807, 2.05) is 0 Å². The summed E-state index contributed by atoms with van der Waals surface area (Å²) in [7, 11) is 0. The minimum absolute atomic E-state index is 0.140. The van der Waals surface area contributed by atoms with Crippen LogP contribution in [0.2, 0.25) is 0 Å². The summed E-state index contributed by atoms with van der Waals surface area (Å²) in [6.45, 7) is 0.417. The van der Waals surface area contributed by atoms with Gasteiger partial charge in [-0.3, -0.25) is 0 Å². The summed E-state index contributed by atoms with van der Waals surface area (Å²) in [5.74, 6) is 0.0358. The molecule has 17 heavy (non-hydrogen) atoms. The highest BCUT2D eigenvalue weighted by atomic mass is 79.9. The van der Waals surface area contributed by atoms with Crippen molar-refractivity contribution in [3.63, 3.8) is 0 Å². The molecule has 2 rings (SSSR count). The molecule has 0 radical (unpaired) electrons. The predicted molar refractivity (Wildman–Crippen MR) is 66.3 cm³/mol. The first-order valence-electron chi connectivity index (χ1n) is 4.97. The third-order valence-corrected chi connectivity index (χ3v) is 2.64. The summed E-state index contributed by atoms with van der Waals surface area (Å²) in [5, 5.41) is 0. The largest absolute Gasteiger partial charge is 0.436 e. The first-order chi connectivity index (χ1) is 8.19. The second-order valence-corrected chi connectivity index (χ2v) is 4.30. The normalized spacial score (nSPS) is 10.3. The molecule has 2 aromatic rings. The molecule has 3 nitrogen and oxygen atoms in total. The Hall–Kier alpha value is -1.46. The highest BCUT2D eigenvalue weighted by molar-refractivity contribution is 9.10. The molecule has 1 heterocycles. The first kappa shape index (κ1) is 12.0. The Morgan fingerprint density at radius 2 is 2.12 bits per heavy atom. The van der Waals surface area contributed by atoms with Crippen molar-refractivity contribution in [3.8, 4) is 11.6 Å². The summed E-state index contributed by atoms with van der Waals surface area (Å²) < 4.78 is 19.5. The van der Waals surface area contributed by atoms with E-state index in [-0.39, 0.29) is 5.75 Å². The van der Waals surface area contributed by atoms with Crippen molar-refractivity contribution in [1.82, 2.24) is 4.98 Å². The number of nitrogens with zero attached hydrogens (tertiary/aromatic N) is 1.